The average Bonchev–Trinajstić information content (AvgIpc) is 2.34. The standard InChI is InChI=1S/C14H10ClF4N/c1-20-14(9-3-2-7(15)4-10(9)17)13-11(18)5-8(16)6-12(13)19/h2-6,14,20H,1H3. The molecule has 0 aromatic heterocycles. The Kier molecular flexibility index (Phi) is 4.30. The summed E-state index contributed by atoms with van der Waals surface area (Å²) in [5, 5.41) is 2.78. The Balaban J connectivity index is 2.58. The van der Waals surface area contributed by atoms with E-state index in [2.05, 4.69) is 5.32 Å². The predicted molar refractivity (Wildman–Crippen MR) is 68.6 cm³/mol. The third-order valence-corrected chi connectivity index (χ3v) is 3.13. The zero-order chi connectivity index (χ0) is 14.9. The number of hydrogen-bond donors (Lipinski definition) is 1. The van der Waals surface area contributed by atoms with Crippen molar-refractivity contribution in [3.8, 4) is 0 Å². The monoisotopic (exact) mass is 303 g/mol. The maximum absolute atomic E-state index is 13.9. The Hall–Kier alpha value is -1.59. The van der Waals surface area contributed by atoms with Crippen LogP contribution in [0.25, 0.3) is 0 Å². The van der Waals surface area contributed by atoms with Crippen LogP contribution in [0.2, 0.25) is 5.02 Å². The molecule has 1 unspecified atom stereocenters. The van der Waals surface area contributed by atoms with Gasteiger partial charge in [-0.05, 0) is 19.2 Å². The zero-order valence-corrected chi connectivity index (χ0v) is 11.1. The molecule has 0 fully saturated rings. The Bertz CT molecular complexity index is 622. The van der Waals surface area contributed by atoms with Crippen molar-refractivity contribution in [1.29, 1.82) is 0 Å². The molecule has 6 heteroatoms. The lowest BCUT2D eigenvalue weighted by atomic mass is 9.97. The van der Waals surface area contributed by atoms with Crippen LogP contribution in [0.4, 0.5) is 17.6 Å². The Morgan fingerprint density at radius 1 is 0.950 bits per heavy atom. The first-order valence-electron chi connectivity index (χ1n) is 5.70. The van der Waals surface area contributed by atoms with Crippen LogP contribution in [0.1, 0.15) is 17.2 Å². The maximum Gasteiger partial charge on any atom is 0.134 e. The predicted octanol–water partition coefficient (Wildman–Crippen LogP) is 4.21. The molecule has 0 saturated carbocycles. The van der Waals surface area contributed by atoms with Crippen molar-refractivity contribution in [3.05, 3.63) is 69.8 Å². The fourth-order valence-electron chi connectivity index (χ4n) is 2.02. The van der Waals surface area contributed by atoms with Crippen LogP contribution in [0, 0.1) is 23.3 Å². The van der Waals surface area contributed by atoms with Gasteiger partial charge < -0.3 is 5.32 Å². The summed E-state index contributed by atoms with van der Waals surface area (Å²) in [5.74, 6) is -3.91. The smallest absolute Gasteiger partial charge is 0.134 e. The Labute approximate surface area is 118 Å². The minimum Gasteiger partial charge on any atom is -0.309 e. The van der Waals surface area contributed by atoms with E-state index in [1.165, 1.54) is 19.2 Å². The van der Waals surface area contributed by atoms with Crippen LogP contribution in [-0.4, -0.2) is 7.05 Å². The van der Waals surface area contributed by atoms with E-state index >= 15 is 0 Å². The lowest BCUT2D eigenvalue weighted by molar-refractivity contribution is 0.491. The summed E-state index contributed by atoms with van der Waals surface area (Å²) in [5.41, 5.74) is -0.434. The fraction of sp³-hybridized carbons (Fsp3) is 0.143. The molecule has 2 aromatic carbocycles. The van der Waals surface area contributed by atoms with Crippen LogP contribution in [-0.2, 0) is 0 Å². The van der Waals surface area contributed by atoms with E-state index in [0.717, 1.165) is 6.07 Å². The third kappa shape index (κ3) is 2.78. The summed E-state index contributed by atoms with van der Waals surface area (Å²) in [6.07, 6.45) is 0. The van der Waals surface area contributed by atoms with Crippen molar-refractivity contribution >= 4 is 11.6 Å². The van der Waals surface area contributed by atoms with Gasteiger partial charge in [0.1, 0.15) is 23.3 Å². The number of halogens is 5. The van der Waals surface area contributed by atoms with Gasteiger partial charge in [-0.3, -0.25) is 0 Å². The first-order chi connectivity index (χ1) is 9.43. The zero-order valence-electron chi connectivity index (χ0n) is 10.4. The second-order valence-corrected chi connectivity index (χ2v) is 4.61. The summed E-state index contributed by atoms with van der Waals surface area (Å²) in [4.78, 5) is 0. The summed E-state index contributed by atoms with van der Waals surface area (Å²) in [6.45, 7) is 0. The van der Waals surface area contributed by atoms with Crippen molar-refractivity contribution in [1.82, 2.24) is 5.32 Å². The SMILES string of the molecule is CNC(c1ccc(Cl)cc1F)c1c(F)cc(F)cc1F. The van der Waals surface area contributed by atoms with E-state index in [4.69, 9.17) is 11.6 Å². The highest BCUT2D eigenvalue weighted by Crippen LogP contribution is 2.30. The van der Waals surface area contributed by atoms with Gasteiger partial charge in [0.2, 0.25) is 0 Å². The molecule has 2 aromatic rings. The highest BCUT2D eigenvalue weighted by molar-refractivity contribution is 6.30. The topological polar surface area (TPSA) is 12.0 Å². The van der Waals surface area contributed by atoms with E-state index in [0.29, 0.717) is 12.1 Å². The van der Waals surface area contributed by atoms with Crippen LogP contribution in [0.5, 0.6) is 0 Å². The molecular weight excluding hydrogens is 294 g/mol. The molecule has 2 rings (SSSR count). The molecule has 106 valence electrons. The van der Waals surface area contributed by atoms with Crippen molar-refractivity contribution in [3.63, 3.8) is 0 Å². The van der Waals surface area contributed by atoms with Crippen molar-refractivity contribution in [2.75, 3.05) is 7.05 Å². The van der Waals surface area contributed by atoms with E-state index in [1.807, 2.05) is 0 Å². The molecule has 1 N–H and O–H groups in total. The van der Waals surface area contributed by atoms with Crippen molar-refractivity contribution in [2.24, 2.45) is 0 Å². The van der Waals surface area contributed by atoms with Crippen molar-refractivity contribution in [2.45, 2.75) is 6.04 Å². The van der Waals surface area contributed by atoms with Crippen LogP contribution < -0.4 is 5.32 Å². The number of benzene rings is 2. The molecule has 0 aliphatic carbocycles. The van der Waals surface area contributed by atoms with Crippen LogP contribution >= 0.6 is 11.6 Å². The van der Waals surface area contributed by atoms with Gasteiger partial charge in [-0.1, -0.05) is 17.7 Å². The molecule has 0 bridgehead atoms. The van der Waals surface area contributed by atoms with Gasteiger partial charge >= 0.3 is 0 Å². The molecule has 0 amide bonds. The van der Waals surface area contributed by atoms with Gasteiger partial charge in [-0.25, -0.2) is 17.6 Å². The van der Waals surface area contributed by atoms with E-state index in [1.54, 1.807) is 0 Å². The Morgan fingerprint density at radius 3 is 2.05 bits per heavy atom. The summed E-state index contributed by atoms with van der Waals surface area (Å²) in [7, 11) is 1.42. The lowest BCUT2D eigenvalue weighted by Gasteiger charge is -2.19. The van der Waals surface area contributed by atoms with Gasteiger partial charge in [0.25, 0.3) is 0 Å². The molecule has 20 heavy (non-hydrogen) atoms. The van der Waals surface area contributed by atoms with Crippen LogP contribution in [0.15, 0.2) is 30.3 Å². The van der Waals surface area contributed by atoms with Crippen molar-refractivity contribution < 1.29 is 17.6 Å². The number of hydrogen-bond acceptors (Lipinski definition) is 1. The molecule has 1 nitrogen and oxygen atoms in total. The molecule has 0 spiro atoms. The van der Waals surface area contributed by atoms with Crippen LogP contribution in [0.3, 0.4) is 0 Å². The second kappa shape index (κ2) is 5.81. The number of nitrogens with one attached hydrogen (secondary N) is 1. The van der Waals surface area contributed by atoms with E-state index < -0.39 is 34.9 Å². The third-order valence-electron chi connectivity index (χ3n) is 2.89. The second-order valence-electron chi connectivity index (χ2n) is 4.17. The molecule has 0 heterocycles. The van der Waals surface area contributed by atoms with Gasteiger partial charge in [-0.2, -0.15) is 0 Å². The minimum absolute atomic E-state index is 0.0151. The average molecular weight is 304 g/mol. The highest BCUT2D eigenvalue weighted by Gasteiger charge is 2.24. The van der Waals surface area contributed by atoms with E-state index in [-0.39, 0.29) is 10.6 Å². The van der Waals surface area contributed by atoms with Gasteiger partial charge in [0.05, 0.1) is 6.04 Å². The maximum atomic E-state index is 13.9. The molecular formula is C14H10ClF4N. The van der Waals surface area contributed by atoms with Gasteiger partial charge in [0, 0.05) is 28.3 Å². The molecule has 0 aliphatic heterocycles. The van der Waals surface area contributed by atoms with Gasteiger partial charge in [-0.15, -0.1) is 0 Å². The summed E-state index contributed by atoms with van der Waals surface area (Å²) in [6, 6.07) is 3.78. The molecule has 1 atom stereocenters. The summed E-state index contributed by atoms with van der Waals surface area (Å²) >= 11 is 5.64. The van der Waals surface area contributed by atoms with E-state index in [9.17, 15) is 17.6 Å². The largest absolute Gasteiger partial charge is 0.309 e. The quantitative estimate of drug-likeness (QED) is 0.838. The number of rotatable bonds is 3. The normalized spacial score (nSPS) is 12.5. The fourth-order valence-corrected chi connectivity index (χ4v) is 2.18. The molecule has 0 saturated heterocycles. The summed E-state index contributed by atoms with van der Waals surface area (Å²) < 4.78 is 54.3. The lowest BCUT2D eigenvalue weighted by Crippen LogP contribution is -2.21. The first kappa shape index (κ1) is 14.8. The minimum atomic E-state index is -1.09. The van der Waals surface area contributed by atoms with Gasteiger partial charge in [0.15, 0.2) is 0 Å². The Morgan fingerprint density at radius 2 is 1.55 bits per heavy atom. The first-order valence-corrected chi connectivity index (χ1v) is 6.08. The molecule has 0 radical (unpaired) electrons. The molecule has 0 aliphatic rings. The highest BCUT2D eigenvalue weighted by atomic mass is 35.5.